The molecule has 0 saturated heterocycles. The number of aromatic nitrogens is 1. The van der Waals surface area contributed by atoms with Crippen LogP contribution in [0.4, 0.5) is 11.5 Å². The highest BCUT2D eigenvalue weighted by molar-refractivity contribution is 5.69. The molecule has 0 aliphatic rings. The number of anilines is 1. The standard InChI is InChI=1S/C20H25N3O5/c24-20(10-7-15-27-18-8-3-1-4-9-18)28-14-6-2-5-13-21-19-12-11-17(16-22-19)23(25)26/h1,3-4,8-9,11-12,16H,2,5-7,10,13-15H2,(H,21,22). The van der Waals surface area contributed by atoms with Crippen molar-refractivity contribution in [2.45, 2.75) is 32.1 Å². The fourth-order valence-corrected chi connectivity index (χ4v) is 2.40. The van der Waals surface area contributed by atoms with Crippen LogP contribution in [-0.4, -0.2) is 35.6 Å². The summed E-state index contributed by atoms with van der Waals surface area (Å²) in [5.41, 5.74) is -0.0287. The number of carbonyl (C=O) groups excluding carboxylic acids is 1. The Labute approximate surface area is 164 Å². The number of ether oxygens (including phenoxy) is 2. The molecule has 8 nitrogen and oxygen atoms in total. The minimum atomic E-state index is -0.478. The number of nitrogens with one attached hydrogen (secondary N) is 1. The van der Waals surface area contributed by atoms with Crippen LogP contribution in [0.3, 0.4) is 0 Å². The van der Waals surface area contributed by atoms with E-state index < -0.39 is 4.92 Å². The Bertz CT molecular complexity index is 722. The number of nitro groups is 1. The number of esters is 1. The molecule has 1 aromatic heterocycles. The minimum absolute atomic E-state index is 0.0287. The van der Waals surface area contributed by atoms with Crippen LogP contribution in [0.5, 0.6) is 5.75 Å². The molecule has 2 aromatic rings. The molecular formula is C20H25N3O5. The van der Waals surface area contributed by atoms with Crippen LogP contribution < -0.4 is 10.1 Å². The summed E-state index contributed by atoms with van der Waals surface area (Å²) in [6.45, 7) is 1.60. The van der Waals surface area contributed by atoms with E-state index in [2.05, 4.69) is 10.3 Å². The van der Waals surface area contributed by atoms with E-state index in [1.807, 2.05) is 30.3 Å². The average molecular weight is 387 g/mol. The van der Waals surface area contributed by atoms with Gasteiger partial charge >= 0.3 is 5.97 Å². The lowest BCUT2D eigenvalue weighted by atomic mass is 10.2. The molecule has 0 bridgehead atoms. The van der Waals surface area contributed by atoms with Crippen molar-refractivity contribution in [2.24, 2.45) is 0 Å². The second kappa shape index (κ2) is 12.3. The second-order valence-electron chi connectivity index (χ2n) is 6.13. The summed E-state index contributed by atoms with van der Waals surface area (Å²) >= 11 is 0. The molecule has 0 saturated carbocycles. The smallest absolute Gasteiger partial charge is 0.305 e. The second-order valence-corrected chi connectivity index (χ2v) is 6.13. The maximum Gasteiger partial charge on any atom is 0.305 e. The van der Waals surface area contributed by atoms with Crippen molar-refractivity contribution < 1.29 is 19.2 Å². The Morgan fingerprint density at radius 3 is 2.57 bits per heavy atom. The molecule has 0 aliphatic heterocycles. The molecule has 150 valence electrons. The first-order chi connectivity index (χ1) is 13.6. The quantitative estimate of drug-likeness (QED) is 0.240. The van der Waals surface area contributed by atoms with Gasteiger partial charge in [-0.2, -0.15) is 0 Å². The number of hydrogen-bond donors (Lipinski definition) is 1. The van der Waals surface area contributed by atoms with Crippen LogP contribution in [0.2, 0.25) is 0 Å². The fraction of sp³-hybridized carbons (Fsp3) is 0.400. The van der Waals surface area contributed by atoms with E-state index in [1.54, 1.807) is 6.07 Å². The number of unbranched alkanes of at least 4 members (excludes halogenated alkanes) is 2. The Morgan fingerprint density at radius 2 is 1.86 bits per heavy atom. The van der Waals surface area contributed by atoms with Gasteiger partial charge in [0.2, 0.25) is 0 Å². The lowest BCUT2D eigenvalue weighted by Gasteiger charge is -2.07. The molecule has 1 aromatic carbocycles. The van der Waals surface area contributed by atoms with Crippen molar-refractivity contribution in [2.75, 3.05) is 25.1 Å². The monoisotopic (exact) mass is 387 g/mol. The van der Waals surface area contributed by atoms with E-state index in [0.29, 0.717) is 38.4 Å². The van der Waals surface area contributed by atoms with Gasteiger partial charge in [0.25, 0.3) is 5.69 Å². The van der Waals surface area contributed by atoms with Gasteiger partial charge in [-0.25, -0.2) is 4.98 Å². The van der Waals surface area contributed by atoms with Crippen LogP contribution in [0.25, 0.3) is 0 Å². The Kier molecular flexibility index (Phi) is 9.26. The predicted octanol–water partition coefficient (Wildman–Crippen LogP) is 3.97. The molecule has 8 heteroatoms. The van der Waals surface area contributed by atoms with Crippen LogP contribution >= 0.6 is 0 Å². The number of benzene rings is 1. The van der Waals surface area contributed by atoms with Gasteiger partial charge in [0.05, 0.1) is 18.1 Å². The van der Waals surface area contributed by atoms with Crippen molar-refractivity contribution in [1.82, 2.24) is 4.98 Å². The van der Waals surface area contributed by atoms with Gasteiger partial charge in [-0.1, -0.05) is 18.2 Å². The first-order valence-electron chi connectivity index (χ1n) is 9.33. The van der Waals surface area contributed by atoms with E-state index in [9.17, 15) is 14.9 Å². The summed E-state index contributed by atoms with van der Waals surface area (Å²) in [7, 11) is 0. The third-order valence-electron chi connectivity index (χ3n) is 3.89. The van der Waals surface area contributed by atoms with E-state index >= 15 is 0 Å². The number of rotatable bonds is 13. The van der Waals surface area contributed by atoms with Gasteiger partial charge in [-0.15, -0.1) is 0 Å². The van der Waals surface area contributed by atoms with Crippen LogP contribution in [-0.2, 0) is 9.53 Å². The molecule has 2 rings (SSSR count). The van der Waals surface area contributed by atoms with Crippen LogP contribution in [0.15, 0.2) is 48.7 Å². The van der Waals surface area contributed by atoms with Gasteiger partial charge in [-0.3, -0.25) is 14.9 Å². The molecule has 0 fully saturated rings. The molecule has 0 spiro atoms. The molecule has 28 heavy (non-hydrogen) atoms. The number of pyridine rings is 1. The number of carbonyl (C=O) groups is 1. The molecule has 1 N–H and O–H groups in total. The summed E-state index contributed by atoms with van der Waals surface area (Å²) in [4.78, 5) is 25.7. The van der Waals surface area contributed by atoms with Gasteiger partial charge in [-0.05, 0) is 43.9 Å². The summed E-state index contributed by atoms with van der Waals surface area (Å²) < 4.78 is 10.7. The van der Waals surface area contributed by atoms with E-state index in [1.165, 1.54) is 12.3 Å². The molecule has 1 heterocycles. The van der Waals surface area contributed by atoms with Crippen LogP contribution in [0.1, 0.15) is 32.1 Å². The lowest BCUT2D eigenvalue weighted by molar-refractivity contribution is -0.385. The minimum Gasteiger partial charge on any atom is -0.494 e. The zero-order valence-electron chi connectivity index (χ0n) is 15.7. The normalized spacial score (nSPS) is 10.3. The molecule has 0 radical (unpaired) electrons. The highest BCUT2D eigenvalue weighted by Crippen LogP contribution is 2.12. The number of para-hydroxylation sites is 1. The molecule has 0 atom stereocenters. The van der Waals surface area contributed by atoms with Crippen LogP contribution in [0, 0.1) is 10.1 Å². The van der Waals surface area contributed by atoms with Crippen molar-refractivity contribution in [3.8, 4) is 5.75 Å². The largest absolute Gasteiger partial charge is 0.494 e. The summed E-state index contributed by atoms with van der Waals surface area (Å²) in [6, 6.07) is 12.5. The van der Waals surface area contributed by atoms with Gasteiger partial charge in [0, 0.05) is 19.0 Å². The fourth-order valence-electron chi connectivity index (χ4n) is 2.40. The first kappa shape index (κ1) is 21.1. The van der Waals surface area contributed by atoms with Crippen molar-refractivity contribution in [1.29, 1.82) is 0 Å². The van der Waals surface area contributed by atoms with Crippen molar-refractivity contribution in [3.05, 3.63) is 58.8 Å². The lowest BCUT2D eigenvalue weighted by Crippen LogP contribution is -2.09. The SMILES string of the molecule is O=C(CCCOc1ccccc1)OCCCCCNc1ccc([N+](=O)[O-])cn1. The van der Waals surface area contributed by atoms with Crippen molar-refractivity contribution >= 4 is 17.5 Å². The van der Waals surface area contributed by atoms with Gasteiger partial charge in [0.15, 0.2) is 0 Å². The highest BCUT2D eigenvalue weighted by Gasteiger charge is 2.05. The summed E-state index contributed by atoms with van der Waals surface area (Å²) in [5.74, 6) is 1.20. The molecule has 0 unspecified atom stereocenters. The first-order valence-corrected chi connectivity index (χ1v) is 9.33. The Balaban J connectivity index is 1.43. The Morgan fingerprint density at radius 1 is 1.04 bits per heavy atom. The third kappa shape index (κ3) is 8.48. The van der Waals surface area contributed by atoms with E-state index in [-0.39, 0.29) is 11.7 Å². The number of hydrogen-bond acceptors (Lipinski definition) is 7. The average Bonchev–Trinajstić information content (AvgIpc) is 2.71. The zero-order chi connectivity index (χ0) is 20.0. The topological polar surface area (TPSA) is 104 Å². The zero-order valence-corrected chi connectivity index (χ0v) is 15.7. The van der Waals surface area contributed by atoms with Gasteiger partial charge in [0.1, 0.15) is 17.8 Å². The maximum absolute atomic E-state index is 11.7. The van der Waals surface area contributed by atoms with Gasteiger partial charge < -0.3 is 14.8 Å². The molecular weight excluding hydrogens is 362 g/mol. The summed E-state index contributed by atoms with van der Waals surface area (Å²) in [6.07, 6.45) is 4.79. The third-order valence-corrected chi connectivity index (χ3v) is 3.89. The number of nitrogens with zero attached hydrogens (tertiary/aromatic N) is 2. The van der Waals surface area contributed by atoms with Crippen molar-refractivity contribution in [3.63, 3.8) is 0 Å². The highest BCUT2D eigenvalue weighted by atomic mass is 16.6. The van der Waals surface area contributed by atoms with E-state index in [4.69, 9.17) is 9.47 Å². The molecule has 0 amide bonds. The maximum atomic E-state index is 11.7. The summed E-state index contributed by atoms with van der Waals surface area (Å²) in [5, 5.41) is 13.7. The van der Waals surface area contributed by atoms with E-state index in [0.717, 1.165) is 25.0 Å². The predicted molar refractivity (Wildman–Crippen MR) is 105 cm³/mol. The Hall–Kier alpha value is -3.16. The molecule has 0 aliphatic carbocycles.